The average molecular weight is 364 g/mol. The first-order valence-electron chi connectivity index (χ1n) is 10.00. The third-order valence-electron chi connectivity index (χ3n) is 5.89. The lowest BCUT2D eigenvalue weighted by atomic mass is 9.91. The first kappa shape index (κ1) is 18.1. The summed E-state index contributed by atoms with van der Waals surface area (Å²) in [5, 5.41) is 0. The number of hydrogen-bond donors (Lipinski definition) is 0. The standard InChI is InChI=1S/C23H28N2O2/c1-24(23(26)20-13-16-27-22-12-6-5-11-19(20)22)21(17-25-14-7-8-15-25)18-9-3-2-4-10-18/h2-6,9-12,20-21H,7-8,13-17H2,1H3. The first-order valence-corrected chi connectivity index (χ1v) is 10.00. The SMILES string of the molecule is CN(C(=O)C1CCOc2ccccc21)C(CN1CCCC1)c1ccccc1. The number of para-hydroxylation sites is 1. The third kappa shape index (κ3) is 3.86. The molecule has 1 amide bonds. The number of likely N-dealkylation sites (tertiary alicyclic amines) is 1. The Hall–Kier alpha value is -2.33. The molecule has 0 aliphatic carbocycles. The number of carbonyl (C=O) groups excluding carboxylic acids is 1. The van der Waals surface area contributed by atoms with Gasteiger partial charge >= 0.3 is 0 Å². The molecule has 27 heavy (non-hydrogen) atoms. The van der Waals surface area contributed by atoms with E-state index in [0.29, 0.717) is 6.61 Å². The van der Waals surface area contributed by atoms with E-state index in [-0.39, 0.29) is 17.9 Å². The van der Waals surface area contributed by atoms with E-state index in [2.05, 4.69) is 29.2 Å². The summed E-state index contributed by atoms with van der Waals surface area (Å²) in [5.41, 5.74) is 2.23. The highest BCUT2D eigenvalue weighted by Gasteiger charge is 2.33. The van der Waals surface area contributed by atoms with Crippen LogP contribution in [0.15, 0.2) is 54.6 Å². The molecule has 1 saturated heterocycles. The van der Waals surface area contributed by atoms with Gasteiger partial charge in [0.2, 0.25) is 5.91 Å². The summed E-state index contributed by atoms with van der Waals surface area (Å²) in [6, 6.07) is 18.5. The maximum Gasteiger partial charge on any atom is 0.230 e. The summed E-state index contributed by atoms with van der Waals surface area (Å²) in [6.07, 6.45) is 3.25. The molecule has 142 valence electrons. The van der Waals surface area contributed by atoms with Crippen LogP contribution in [0.1, 0.15) is 42.3 Å². The van der Waals surface area contributed by atoms with Crippen molar-refractivity contribution in [1.82, 2.24) is 9.80 Å². The first-order chi connectivity index (χ1) is 13.2. The zero-order chi connectivity index (χ0) is 18.6. The van der Waals surface area contributed by atoms with Gasteiger partial charge in [-0.15, -0.1) is 0 Å². The van der Waals surface area contributed by atoms with Crippen molar-refractivity contribution < 1.29 is 9.53 Å². The van der Waals surface area contributed by atoms with Crippen molar-refractivity contribution in [2.75, 3.05) is 33.3 Å². The van der Waals surface area contributed by atoms with Gasteiger partial charge in [0.1, 0.15) is 5.75 Å². The number of likely N-dealkylation sites (N-methyl/N-ethyl adjacent to an activating group) is 1. The molecule has 2 aromatic rings. The number of rotatable bonds is 5. The van der Waals surface area contributed by atoms with Crippen molar-refractivity contribution >= 4 is 5.91 Å². The monoisotopic (exact) mass is 364 g/mol. The third-order valence-corrected chi connectivity index (χ3v) is 5.89. The molecule has 0 spiro atoms. The molecule has 1 fully saturated rings. The van der Waals surface area contributed by atoms with Crippen LogP contribution in [0.25, 0.3) is 0 Å². The van der Waals surface area contributed by atoms with Gasteiger partial charge in [0.05, 0.1) is 18.6 Å². The van der Waals surface area contributed by atoms with Gasteiger partial charge in [-0.2, -0.15) is 0 Å². The van der Waals surface area contributed by atoms with Crippen molar-refractivity contribution in [1.29, 1.82) is 0 Å². The second kappa shape index (κ2) is 8.13. The summed E-state index contributed by atoms with van der Waals surface area (Å²) in [7, 11) is 1.97. The molecular weight excluding hydrogens is 336 g/mol. The molecule has 4 rings (SSSR count). The van der Waals surface area contributed by atoms with E-state index in [0.717, 1.165) is 37.4 Å². The van der Waals surface area contributed by atoms with Crippen LogP contribution in [0.5, 0.6) is 5.75 Å². The fourth-order valence-electron chi connectivity index (χ4n) is 4.33. The van der Waals surface area contributed by atoms with E-state index in [1.54, 1.807) is 0 Å². The minimum Gasteiger partial charge on any atom is -0.493 e. The van der Waals surface area contributed by atoms with E-state index in [9.17, 15) is 4.79 Å². The topological polar surface area (TPSA) is 32.8 Å². The summed E-state index contributed by atoms with van der Waals surface area (Å²) < 4.78 is 5.76. The molecular formula is C23H28N2O2. The van der Waals surface area contributed by atoms with Gasteiger partial charge in [-0.05, 0) is 44.0 Å². The molecule has 2 heterocycles. The quantitative estimate of drug-likeness (QED) is 0.808. The number of benzene rings is 2. The molecule has 4 heteroatoms. The predicted octanol–water partition coefficient (Wildman–Crippen LogP) is 3.85. The molecule has 2 aliphatic heterocycles. The Labute approximate surface area is 161 Å². The van der Waals surface area contributed by atoms with Gasteiger partial charge in [-0.25, -0.2) is 0 Å². The highest BCUT2D eigenvalue weighted by molar-refractivity contribution is 5.85. The van der Waals surface area contributed by atoms with E-state index >= 15 is 0 Å². The highest BCUT2D eigenvalue weighted by Crippen LogP contribution is 2.36. The molecule has 2 aliphatic rings. The number of ether oxygens (including phenoxy) is 1. The zero-order valence-corrected chi connectivity index (χ0v) is 16.0. The van der Waals surface area contributed by atoms with Crippen LogP contribution in [0.2, 0.25) is 0 Å². The van der Waals surface area contributed by atoms with E-state index in [1.807, 2.05) is 42.3 Å². The number of carbonyl (C=O) groups is 1. The number of nitrogens with zero attached hydrogens (tertiary/aromatic N) is 2. The summed E-state index contributed by atoms with van der Waals surface area (Å²) in [6.45, 7) is 3.76. The van der Waals surface area contributed by atoms with Crippen molar-refractivity contribution in [3.05, 3.63) is 65.7 Å². The number of fused-ring (bicyclic) bond motifs is 1. The predicted molar refractivity (Wildman–Crippen MR) is 107 cm³/mol. The molecule has 0 radical (unpaired) electrons. The molecule has 2 atom stereocenters. The maximum atomic E-state index is 13.5. The Morgan fingerprint density at radius 3 is 2.59 bits per heavy atom. The van der Waals surface area contributed by atoms with Crippen molar-refractivity contribution in [2.24, 2.45) is 0 Å². The van der Waals surface area contributed by atoms with Crippen molar-refractivity contribution in [3.8, 4) is 5.75 Å². The molecule has 2 unspecified atom stereocenters. The van der Waals surface area contributed by atoms with Gasteiger partial charge in [0, 0.05) is 19.2 Å². The largest absolute Gasteiger partial charge is 0.493 e. The lowest BCUT2D eigenvalue weighted by Crippen LogP contribution is -2.41. The van der Waals surface area contributed by atoms with Crippen molar-refractivity contribution in [2.45, 2.75) is 31.2 Å². The van der Waals surface area contributed by atoms with Crippen LogP contribution in [-0.4, -0.2) is 49.0 Å². The summed E-state index contributed by atoms with van der Waals surface area (Å²) >= 11 is 0. The molecule has 4 nitrogen and oxygen atoms in total. The smallest absolute Gasteiger partial charge is 0.230 e. The lowest BCUT2D eigenvalue weighted by Gasteiger charge is -2.35. The van der Waals surface area contributed by atoms with Gasteiger partial charge in [0.15, 0.2) is 0 Å². The Morgan fingerprint density at radius 1 is 1.11 bits per heavy atom. The highest BCUT2D eigenvalue weighted by atomic mass is 16.5. The molecule has 0 N–H and O–H groups in total. The normalized spacial score (nSPS) is 20.6. The Kier molecular flexibility index (Phi) is 5.44. The van der Waals surface area contributed by atoms with Crippen LogP contribution in [-0.2, 0) is 4.79 Å². The fraction of sp³-hybridized carbons (Fsp3) is 0.435. The summed E-state index contributed by atoms with van der Waals surface area (Å²) in [4.78, 5) is 18.0. The lowest BCUT2D eigenvalue weighted by molar-refractivity contribution is -0.134. The van der Waals surface area contributed by atoms with Gasteiger partial charge in [0.25, 0.3) is 0 Å². The number of hydrogen-bond acceptors (Lipinski definition) is 3. The number of amides is 1. The molecule has 0 aromatic heterocycles. The van der Waals surface area contributed by atoms with E-state index < -0.39 is 0 Å². The zero-order valence-electron chi connectivity index (χ0n) is 16.0. The molecule has 0 bridgehead atoms. The van der Waals surface area contributed by atoms with Crippen LogP contribution in [0, 0.1) is 0 Å². The minimum absolute atomic E-state index is 0.0757. The van der Waals surface area contributed by atoms with E-state index in [1.165, 1.54) is 18.4 Å². The molecule has 0 saturated carbocycles. The second-order valence-electron chi connectivity index (χ2n) is 7.61. The Bertz CT molecular complexity index is 771. The maximum absolute atomic E-state index is 13.5. The Morgan fingerprint density at radius 2 is 1.81 bits per heavy atom. The van der Waals surface area contributed by atoms with Crippen molar-refractivity contribution in [3.63, 3.8) is 0 Å². The van der Waals surface area contributed by atoms with Gasteiger partial charge in [-0.1, -0.05) is 48.5 Å². The molecule has 2 aromatic carbocycles. The fourth-order valence-corrected chi connectivity index (χ4v) is 4.33. The van der Waals surface area contributed by atoms with Crippen LogP contribution in [0.4, 0.5) is 0 Å². The minimum atomic E-state index is -0.121. The second-order valence-corrected chi connectivity index (χ2v) is 7.61. The Balaban J connectivity index is 1.59. The van der Waals surface area contributed by atoms with Crippen LogP contribution >= 0.6 is 0 Å². The van der Waals surface area contributed by atoms with Crippen LogP contribution in [0.3, 0.4) is 0 Å². The van der Waals surface area contributed by atoms with Crippen LogP contribution < -0.4 is 4.74 Å². The summed E-state index contributed by atoms with van der Waals surface area (Å²) in [5.74, 6) is 0.926. The van der Waals surface area contributed by atoms with Gasteiger partial charge < -0.3 is 14.5 Å². The van der Waals surface area contributed by atoms with Gasteiger partial charge in [-0.3, -0.25) is 4.79 Å². The average Bonchev–Trinajstić information content (AvgIpc) is 3.24. The van der Waals surface area contributed by atoms with E-state index in [4.69, 9.17) is 4.74 Å².